The number of nitrogens with one attached hydrogen (secondary N) is 1. The lowest BCUT2D eigenvalue weighted by atomic mass is 10.1. The summed E-state index contributed by atoms with van der Waals surface area (Å²) >= 11 is 0. The minimum absolute atomic E-state index is 0.285. The fourth-order valence-electron chi connectivity index (χ4n) is 3.04. The highest BCUT2D eigenvalue weighted by Crippen LogP contribution is 2.31. The Hall–Kier alpha value is -1.13. The van der Waals surface area contributed by atoms with Gasteiger partial charge in [-0.05, 0) is 56.0 Å². The van der Waals surface area contributed by atoms with Gasteiger partial charge in [-0.25, -0.2) is 4.39 Å². The van der Waals surface area contributed by atoms with Crippen LogP contribution < -0.4 is 10.1 Å². The van der Waals surface area contributed by atoms with Gasteiger partial charge in [0.15, 0.2) is 11.6 Å². The van der Waals surface area contributed by atoms with E-state index in [4.69, 9.17) is 4.74 Å². The van der Waals surface area contributed by atoms with Crippen LogP contribution in [0.3, 0.4) is 0 Å². The molecule has 0 aromatic heterocycles. The Balaban J connectivity index is 1.42. The van der Waals surface area contributed by atoms with E-state index >= 15 is 0 Å². The largest absolute Gasteiger partial charge is 0.494 e. The summed E-state index contributed by atoms with van der Waals surface area (Å²) in [5.41, 5.74) is 0.973. The van der Waals surface area contributed by atoms with E-state index in [1.54, 1.807) is 12.1 Å². The van der Waals surface area contributed by atoms with E-state index in [0.29, 0.717) is 5.75 Å². The number of methoxy groups -OCH3 is 1. The predicted octanol–water partition coefficient (Wildman–Crippen LogP) is 2.41. The Bertz CT molecular complexity index is 462. The molecule has 4 heteroatoms. The van der Waals surface area contributed by atoms with Gasteiger partial charge in [0.25, 0.3) is 0 Å². The van der Waals surface area contributed by atoms with Crippen molar-refractivity contribution in [3.63, 3.8) is 0 Å². The molecule has 0 bridgehead atoms. The van der Waals surface area contributed by atoms with Gasteiger partial charge in [-0.15, -0.1) is 0 Å². The van der Waals surface area contributed by atoms with Crippen molar-refractivity contribution in [2.75, 3.05) is 26.7 Å². The number of nitrogens with zero attached hydrogens (tertiary/aromatic N) is 1. The van der Waals surface area contributed by atoms with Crippen LogP contribution in [0.4, 0.5) is 4.39 Å². The van der Waals surface area contributed by atoms with E-state index in [1.165, 1.54) is 39.5 Å². The molecule has 1 N–H and O–H groups in total. The molecule has 0 radical (unpaired) electrons. The summed E-state index contributed by atoms with van der Waals surface area (Å²) < 4.78 is 18.5. The normalized spacial score (nSPS) is 23.2. The molecule has 2 fully saturated rings. The number of hydrogen-bond acceptors (Lipinski definition) is 3. The summed E-state index contributed by atoms with van der Waals surface area (Å²) in [6.45, 7) is 4.24. The number of rotatable bonds is 6. The molecule has 1 aliphatic heterocycles. The van der Waals surface area contributed by atoms with Crippen LogP contribution in [-0.4, -0.2) is 37.7 Å². The second-order valence-corrected chi connectivity index (χ2v) is 5.98. The SMILES string of the molecule is COc1ccc(CNCC2CCN(C3CC3)C2)cc1F. The fourth-order valence-corrected chi connectivity index (χ4v) is 3.04. The van der Waals surface area contributed by atoms with Crippen LogP contribution >= 0.6 is 0 Å². The molecule has 3 nitrogen and oxygen atoms in total. The Kier molecular flexibility index (Phi) is 4.22. The van der Waals surface area contributed by atoms with Gasteiger partial charge in [-0.1, -0.05) is 6.07 Å². The minimum Gasteiger partial charge on any atom is -0.494 e. The lowest BCUT2D eigenvalue weighted by Crippen LogP contribution is -2.27. The highest BCUT2D eigenvalue weighted by molar-refractivity contribution is 5.29. The monoisotopic (exact) mass is 278 g/mol. The third-order valence-electron chi connectivity index (χ3n) is 4.36. The first kappa shape index (κ1) is 13.8. The van der Waals surface area contributed by atoms with Crippen LogP contribution in [0.1, 0.15) is 24.8 Å². The van der Waals surface area contributed by atoms with E-state index in [2.05, 4.69) is 10.2 Å². The van der Waals surface area contributed by atoms with Crippen molar-refractivity contribution < 1.29 is 9.13 Å². The molecule has 1 aromatic carbocycles. The molecule has 0 spiro atoms. The van der Waals surface area contributed by atoms with Crippen LogP contribution in [0.5, 0.6) is 5.75 Å². The second kappa shape index (κ2) is 6.10. The molecule has 2 aliphatic rings. The van der Waals surface area contributed by atoms with E-state index in [1.807, 2.05) is 6.07 Å². The van der Waals surface area contributed by atoms with Crippen LogP contribution in [-0.2, 0) is 6.54 Å². The fraction of sp³-hybridized carbons (Fsp3) is 0.625. The highest BCUT2D eigenvalue weighted by Gasteiger charge is 2.33. The topological polar surface area (TPSA) is 24.5 Å². The van der Waals surface area contributed by atoms with Crippen molar-refractivity contribution in [3.8, 4) is 5.75 Å². The van der Waals surface area contributed by atoms with Crippen molar-refractivity contribution in [1.29, 1.82) is 0 Å². The van der Waals surface area contributed by atoms with Gasteiger partial charge in [-0.2, -0.15) is 0 Å². The first-order valence-corrected chi connectivity index (χ1v) is 7.53. The summed E-state index contributed by atoms with van der Waals surface area (Å²) in [4.78, 5) is 2.62. The number of benzene rings is 1. The summed E-state index contributed by atoms with van der Waals surface area (Å²) in [7, 11) is 1.49. The van der Waals surface area contributed by atoms with E-state index in [9.17, 15) is 4.39 Å². The second-order valence-electron chi connectivity index (χ2n) is 5.98. The average Bonchev–Trinajstić information content (AvgIpc) is 3.19. The predicted molar refractivity (Wildman–Crippen MR) is 77.4 cm³/mol. The lowest BCUT2D eigenvalue weighted by Gasteiger charge is -2.15. The van der Waals surface area contributed by atoms with Gasteiger partial charge in [0.1, 0.15) is 0 Å². The zero-order valence-electron chi connectivity index (χ0n) is 12.1. The highest BCUT2D eigenvalue weighted by atomic mass is 19.1. The zero-order valence-corrected chi connectivity index (χ0v) is 12.1. The maximum Gasteiger partial charge on any atom is 0.165 e. The number of likely N-dealkylation sites (tertiary alicyclic amines) is 1. The zero-order chi connectivity index (χ0) is 13.9. The van der Waals surface area contributed by atoms with E-state index in [-0.39, 0.29) is 5.82 Å². The van der Waals surface area contributed by atoms with E-state index in [0.717, 1.165) is 30.6 Å². The molecule has 1 aromatic rings. The van der Waals surface area contributed by atoms with Crippen LogP contribution in [0.15, 0.2) is 18.2 Å². The molecular weight excluding hydrogens is 255 g/mol. The molecule has 1 unspecified atom stereocenters. The van der Waals surface area contributed by atoms with Crippen molar-refractivity contribution >= 4 is 0 Å². The molecule has 1 saturated heterocycles. The number of ether oxygens (including phenoxy) is 1. The quantitative estimate of drug-likeness (QED) is 0.865. The van der Waals surface area contributed by atoms with Crippen LogP contribution in [0, 0.1) is 11.7 Å². The molecule has 1 heterocycles. The molecule has 3 rings (SSSR count). The van der Waals surface area contributed by atoms with Crippen molar-refractivity contribution in [1.82, 2.24) is 10.2 Å². The third-order valence-corrected chi connectivity index (χ3v) is 4.36. The van der Waals surface area contributed by atoms with Crippen molar-refractivity contribution in [2.45, 2.75) is 31.8 Å². The lowest BCUT2D eigenvalue weighted by molar-refractivity contribution is 0.312. The Morgan fingerprint density at radius 3 is 2.90 bits per heavy atom. The minimum atomic E-state index is -0.285. The summed E-state index contributed by atoms with van der Waals surface area (Å²) in [6.07, 6.45) is 4.08. The van der Waals surface area contributed by atoms with Gasteiger partial charge in [0.2, 0.25) is 0 Å². The van der Waals surface area contributed by atoms with Gasteiger partial charge >= 0.3 is 0 Å². The summed E-state index contributed by atoms with van der Waals surface area (Å²) in [6, 6.07) is 6.05. The van der Waals surface area contributed by atoms with Gasteiger partial charge in [-0.3, -0.25) is 0 Å². The third kappa shape index (κ3) is 3.30. The Labute approximate surface area is 120 Å². The molecule has 1 atom stereocenters. The Morgan fingerprint density at radius 1 is 1.35 bits per heavy atom. The van der Waals surface area contributed by atoms with Gasteiger partial charge in [0, 0.05) is 19.1 Å². The first-order chi connectivity index (χ1) is 9.76. The first-order valence-electron chi connectivity index (χ1n) is 7.53. The molecular formula is C16H23FN2O. The molecule has 1 aliphatic carbocycles. The molecule has 0 amide bonds. The molecule has 20 heavy (non-hydrogen) atoms. The van der Waals surface area contributed by atoms with Crippen LogP contribution in [0.25, 0.3) is 0 Å². The standard InChI is InChI=1S/C16H23FN2O/c1-20-16-5-2-12(8-15(16)17)9-18-10-13-6-7-19(11-13)14-3-4-14/h2,5,8,13-14,18H,3-4,6-7,9-11H2,1H3. The maximum absolute atomic E-state index is 13.6. The smallest absolute Gasteiger partial charge is 0.165 e. The van der Waals surface area contributed by atoms with E-state index < -0.39 is 0 Å². The van der Waals surface area contributed by atoms with Crippen LogP contribution in [0.2, 0.25) is 0 Å². The average molecular weight is 278 g/mol. The summed E-state index contributed by atoms with van der Waals surface area (Å²) in [5.74, 6) is 0.774. The number of hydrogen-bond donors (Lipinski definition) is 1. The number of halogens is 1. The Morgan fingerprint density at radius 2 is 2.20 bits per heavy atom. The molecule has 110 valence electrons. The van der Waals surface area contributed by atoms with Gasteiger partial charge < -0.3 is 15.0 Å². The maximum atomic E-state index is 13.6. The molecule has 1 saturated carbocycles. The van der Waals surface area contributed by atoms with Crippen molar-refractivity contribution in [2.24, 2.45) is 5.92 Å². The van der Waals surface area contributed by atoms with Crippen molar-refractivity contribution in [3.05, 3.63) is 29.6 Å². The van der Waals surface area contributed by atoms with Gasteiger partial charge in [0.05, 0.1) is 7.11 Å². The summed E-state index contributed by atoms with van der Waals surface area (Å²) in [5, 5.41) is 3.45.